The molecule has 4 heteroatoms. The average molecular weight is 208 g/mol. The van der Waals surface area contributed by atoms with Crippen LogP contribution in [-0.2, 0) is 16.0 Å². The lowest BCUT2D eigenvalue weighted by molar-refractivity contribution is -0.120. The van der Waals surface area contributed by atoms with E-state index in [0.717, 1.165) is 6.42 Å². The van der Waals surface area contributed by atoms with Crippen LogP contribution in [0.4, 0.5) is 0 Å². The molecule has 1 amide bonds. The highest BCUT2D eigenvalue weighted by Crippen LogP contribution is 1.99. The minimum Gasteiger partial charge on any atom is -0.379 e. The van der Waals surface area contributed by atoms with Gasteiger partial charge in [0, 0.05) is 0 Å². The third kappa shape index (κ3) is 4.58. The third-order valence-corrected chi connectivity index (χ3v) is 2.04. The van der Waals surface area contributed by atoms with E-state index in [2.05, 4.69) is 0 Å². The Balaban J connectivity index is 2.15. The van der Waals surface area contributed by atoms with Crippen LogP contribution in [0.1, 0.15) is 5.56 Å². The largest absolute Gasteiger partial charge is 0.379 e. The van der Waals surface area contributed by atoms with Crippen LogP contribution in [0, 0.1) is 0 Å². The molecule has 0 heterocycles. The van der Waals surface area contributed by atoms with E-state index in [0.29, 0.717) is 6.61 Å². The number of ether oxygens (including phenoxy) is 1. The molecule has 0 aliphatic heterocycles. The van der Waals surface area contributed by atoms with E-state index in [1.807, 2.05) is 30.3 Å². The second-order valence-corrected chi connectivity index (χ2v) is 3.32. The summed E-state index contributed by atoms with van der Waals surface area (Å²) < 4.78 is 5.23. The van der Waals surface area contributed by atoms with Gasteiger partial charge in [-0.25, -0.2) is 0 Å². The lowest BCUT2D eigenvalue weighted by atomic mass is 10.2. The summed E-state index contributed by atoms with van der Waals surface area (Å²) in [5.74, 6) is -0.533. The molecular weight excluding hydrogens is 192 g/mol. The summed E-state index contributed by atoms with van der Waals surface area (Å²) in [6.45, 7) is 0.729. The summed E-state index contributed by atoms with van der Waals surface area (Å²) in [6.07, 6.45) is 0.812. The molecule has 4 N–H and O–H groups in total. The van der Waals surface area contributed by atoms with E-state index in [1.165, 1.54) is 5.56 Å². The van der Waals surface area contributed by atoms with Gasteiger partial charge in [0.15, 0.2) is 0 Å². The number of rotatable bonds is 6. The molecule has 1 atom stereocenters. The Kier molecular flexibility index (Phi) is 4.80. The van der Waals surface area contributed by atoms with Crippen molar-refractivity contribution in [2.45, 2.75) is 12.5 Å². The summed E-state index contributed by atoms with van der Waals surface area (Å²) in [5.41, 5.74) is 11.6. The maximum Gasteiger partial charge on any atom is 0.236 e. The molecule has 0 saturated carbocycles. The maximum absolute atomic E-state index is 10.6. The van der Waals surface area contributed by atoms with Crippen molar-refractivity contribution in [3.05, 3.63) is 35.9 Å². The highest BCUT2D eigenvalue weighted by atomic mass is 16.5. The van der Waals surface area contributed by atoms with Gasteiger partial charge in [-0.3, -0.25) is 4.79 Å². The highest BCUT2D eigenvalue weighted by molar-refractivity contribution is 5.79. The molecule has 1 aromatic carbocycles. The Labute approximate surface area is 89.2 Å². The molecule has 4 nitrogen and oxygen atoms in total. The zero-order chi connectivity index (χ0) is 11.1. The molecule has 1 rings (SSSR count). The molecule has 0 aliphatic carbocycles. The number of benzene rings is 1. The van der Waals surface area contributed by atoms with Gasteiger partial charge >= 0.3 is 0 Å². The van der Waals surface area contributed by atoms with E-state index in [4.69, 9.17) is 16.2 Å². The van der Waals surface area contributed by atoms with Crippen LogP contribution in [0.5, 0.6) is 0 Å². The standard InChI is InChI=1S/C11H16N2O2/c12-10(11(13)14)8-15-7-6-9-4-2-1-3-5-9/h1-5,10H,6-8,12H2,(H2,13,14). The van der Waals surface area contributed by atoms with Crippen LogP contribution in [0.25, 0.3) is 0 Å². The molecule has 0 saturated heterocycles. The molecule has 15 heavy (non-hydrogen) atoms. The predicted molar refractivity (Wildman–Crippen MR) is 58.1 cm³/mol. The molecule has 0 aromatic heterocycles. The molecule has 0 radical (unpaired) electrons. The van der Waals surface area contributed by atoms with Crippen molar-refractivity contribution in [1.29, 1.82) is 0 Å². The molecular formula is C11H16N2O2. The number of hydrogen-bond donors (Lipinski definition) is 2. The maximum atomic E-state index is 10.6. The molecule has 0 aliphatic rings. The minimum absolute atomic E-state index is 0.183. The van der Waals surface area contributed by atoms with E-state index in [-0.39, 0.29) is 6.61 Å². The molecule has 0 bridgehead atoms. The van der Waals surface area contributed by atoms with Gasteiger partial charge in [-0.1, -0.05) is 30.3 Å². The van der Waals surface area contributed by atoms with E-state index >= 15 is 0 Å². The second kappa shape index (κ2) is 6.16. The number of nitrogens with two attached hydrogens (primary N) is 2. The normalized spacial score (nSPS) is 12.3. The molecule has 82 valence electrons. The van der Waals surface area contributed by atoms with Crippen molar-refractivity contribution >= 4 is 5.91 Å². The first-order valence-corrected chi connectivity index (χ1v) is 4.86. The topological polar surface area (TPSA) is 78.3 Å². The van der Waals surface area contributed by atoms with E-state index < -0.39 is 11.9 Å². The predicted octanol–water partition coefficient (Wildman–Crippen LogP) is 0.0583. The molecule has 1 unspecified atom stereocenters. The first-order valence-electron chi connectivity index (χ1n) is 4.86. The molecule has 1 aromatic rings. The smallest absolute Gasteiger partial charge is 0.236 e. The van der Waals surface area contributed by atoms with Gasteiger partial charge in [0.05, 0.1) is 13.2 Å². The summed E-state index contributed by atoms with van der Waals surface area (Å²) in [5, 5.41) is 0. The van der Waals surface area contributed by atoms with Gasteiger partial charge in [0.2, 0.25) is 5.91 Å². The first kappa shape index (κ1) is 11.7. The van der Waals surface area contributed by atoms with Crippen molar-refractivity contribution in [2.75, 3.05) is 13.2 Å². The fourth-order valence-corrected chi connectivity index (χ4v) is 1.13. The summed E-state index contributed by atoms with van der Waals surface area (Å²) in [7, 11) is 0. The van der Waals surface area contributed by atoms with Crippen LogP contribution < -0.4 is 11.5 Å². The van der Waals surface area contributed by atoms with Crippen molar-refractivity contribution in [3.63, 3.8) is 0 Å². The highest BCUT2D eigenvalue weighted by Gasteiger charge is 2.08. The summed E-state index contributed by atoms with van der Waals surface area (Å²) in [4.78, 5) is 10.6. The van der Waals surface area contributed by atoms with Gasteiger partial charge in [-0.05, 0) is 12.0 Å². The van der Waals surface area contributed by atoms with Crippen LogP contribution in [0.3, 0.4) is 0 Å². The zero-order valence-corrected chi connectivity index (χ0v) is 8.56. The number of carbonyl (C=O) groups is 1. The summed E-state index contributed by atoms with van der Waals surface area (Å²) >= 11 is 0. The average Bonchev–Trinajstić information content (AvgIpc) is 2.25. The third-order valence-electron chi connectivity index (χ3n) is 2.04. The van der Waals surface area contributed by atoms with Gasteiger partial charge in [-0.15, -0.1) is 0 Å². The Morgan fingerprint density at radius 2 is 2.00 bits per heavy atom. The summed E-state index contributed by atoms with van der Waals surface area (Å²) in [6, 6.07) is 9.26. The Hall–Kier alpha value is -1.39. The zero-order valence-electron chi connectivity index (χ0n) is 8.56. The quantitative estimate of drug-likeness (QED) is 0.649. The van der Waals surface area contributed by atoms with Gasteiger partial charge in [0.1, 0.15) is 6.04 Å². The van der Waals surface area contributed by atoms with E-state index in [1.54, 1.807) is 0 Å². The number of carbonyl (C=O) groups excluding carboxylic acids is 1. The van der Waals surface area contributed by atoms with Crippen molar-refractivity contribution in [2.24, 2.45) is 11.5 Å². The van der Waals surface area contributed by atoms with Crippen molar-refractivity contribution < 1.29 is 9.53 Å². The first-order chi connectivity index (χ1) is 7.20. The van der Waals surface area contributed by atoms with Crippen LogP contribution in [0.2, 0.25) is 0 Å². The van der Waals surface area contributed by atoms with Crippen LogP contribution in [0.15, 0.2) is 30.3 Å². The lowest BCUT2D eigenvalue weighted by Gasteiger charge is -2.08. The lowest BCUT2D eigenvalue weighted by Crippen LogP contribution is -2.40. The van der Waals surface area contributed by atoms with Gasteiger partial charge < -0.3 is 16.2 Å². The molecule has 0 fully saturated rings. The van der Waals surface area contributed by atoms with Gasteiger partial charge in [0.25, 0.3) is 0 Å². The fraction of sp³-hybridized carbons (Fsp3) is 0.364. The number of amides is 1. The Bertz CT molecular complexity index is 301. The van der Waals surface area contributed by atoms with Crippen molar-refractivity contribution in [1.82, 2.24) is 0 Å². The molecule has 0 spiro atoms. The fourth-order valence-electron chi connectivity index (χ4n) is 1.13. The Morgan fingerprint density at radius 1 is 1.33 bits per heavy atom. The van der Waals surface area contributed by atoms with E-state index in [9.17, 15) is 4.79 Å². The SMILES string of the molecule is NC(=O)C(N)COCCc1ccccc1. The van der Waals surface area contributed by atoms with Gasteiger partial charge in [-0.2, -0.15) is 0 Å². The number of primary amides is 1. The Morgan fingerprint density at radius 3 is 2.60 bits per heavy atom. The van der Waals surface area contributed by atoms with Crippen LogP contribution in [-0.4, -0.2) is 25.2 Å². The second-order valence-electron chi connectivity index (χ2n) is 3.32. The minimum atomic E-state index is -0.708. The van der Waals surface area contributed by atoms with Crippen LogP contribution >= 0.6 is 0 Å². The van der Waals surface area contributed by atoms with Crippen molar-refractivity contribution in [3.8, 4) is 0 Å². The number of hydrogen-bond acceptors (Lipinski definition) is 3. The monoisotopic (exact) mass is 208 g/mol.